The molecule has 0 bridgehead atoms. The molecule has 2 aromatic rings. The number of H-pyrrole nitrogens is 1. The lowest BCUT2D eigenvalue weighted by Gasteiger charge is -2.11. The Bertz CT molecular complexity index is 586. The monoisotopic (exact) mass is 286 g/mol. The zero-order chi connectivity index (χ0) is 15.1. The molecule has 0 spiro atoms. The van der Waals surface area contributed by atoms with E-state index in [4.69, 9.17) is 0 Å². The fourth-order valence-electron chi connectivity index (χ4n) is 2.78. The fourth-order valence-corrected chi connectivity index (χ4v) is 2.78. The molecule has 0 amide bonds. The van der Waals surface area contributed by atoms with Crippen molar-refractivity contribution in [3.05, 3.63) is 36.0 Å². The predicted octanol–water partition coefficient (Wildman–Crippen LogP) is 3.97. The van der Waals surface area contributed by atoms with Crippen LogP contribution in [0, 0.1) is 5.92 Å². The third kappa shape index (κ3) is 4.43. The molecular formula is C18H26N2O. The van der Waals surface area contributed by atoms with Crippen LogP contribution in [0.1, 0.15) is 38.7 Å². The Hall–Kier alpha value is -1.61. The first-order valence-electron chi connectivity index (χ1n) is 7.90. The number of nitrogens with one attached hydrogen (secondary N) is 1. The van der Waals surface area contributed by atoms with Crippen molar-refractivity contribution in [2.75, 3.05) is 13.2 Å². The van der Waals surface area contributed by atoms with E-state index in [0.717, 1.165) is 37.9 Å². The maximum absolute atomic E-state index is 9.30. The van der Waals surface area contributed by atoms with Gasteiger partial charge < -0.3 is 10.1 Å². The zero-order valence-electron chi connectivity index (χ0n) is 13.1. The van der Waals surface area contributed by atoms with Gasteiger partial charge in [-0.05, 0) is 37.3 Å². The van der Waals surface area contributed by atoms with Gasteiger partial charge in [-0.1, -0.05) is 31.5 Å². The van der Waals surface area contributed by atoms with E-state index in [1.807, 2.05) is 6.07 Å². The summed E-state index contributed by atoms with van der Waals surface area (Å²) >= 11 is 0. The number of aromatic amines is 1. The second-order valence-corrected chi connectivity index (χ2v) is 5.78. The lowest BCUT2D eigenvalue weighted by molar-refractivity contribution is 0.212. The van der Waals surface area contributed by atoms with E-state index in [9.17, 15) is 5.11 Å². The number of nitrogens with zero attached hydrogens (tertiary/aromatic N) is 1. The van der Waals surface area contributed by atoms with Crippen LogP contribution >= 0.6 is 0 Å². The van der Waals surface area contributed by atoms with Crippen molar-refractivity contribution in [3.63, 3.8) is 0 Å². The molecule has 1 aromatic heterocycles. The Morgan fingerprint density at radius 1 is 1.29 bits per heavy atom. The van der Waals surface area contributed by atoms with Gasteiger partial charge in [-0.15, -0.1) is 0 Å². The number of aromatic nitrogens is 1. The summed E-state index contributed by atoms with van der Waals surface area (Å²) in [6.45, 7) is 5.36. The molecule has 0 saturated heterocycles. The molecule has 3 nitrogen and oxygen atoms in total. The second kappa shape index (κ2) is 7.99. The summed E-state index contributed by atoms with van der Waals surface area (Å²) < 4.78 is 0. The van der Waals surface area contributed by atoms with Crippen LogP contribution < -0.4 is 0 Å². The minimum atomic E-state index is 0.283. The Labute approximate surface area is 127 Å². The molecule has 114 valence electrons. The summed E-state index contributed by atoms with van der Waals surface area (Å²) in [5.41, 5.74) is 3.65. The SMILES string of the molecule is CCCC(CO)CCN=C(C)Cc1c[nH]c2ccccc12. The molecule has 0 saturated carbocycles. The molecular weight excluding hydrogens is 260 g/mol. The molecule has 3 heteroatoms. The highest BCUT2D eigenvalue weighted by atomic mass is 16.3. The molecule has 0 fully saturated rings. The van der Waals surface area contributed by atoms with E-state index < -0.39 is 0 Å². The topological polar surface area (TPSA) is 48.4 Å². The Morgan fingerprint density at radius 3 is 2.86 bits per heavy atom. The zero-order valence-corrected chi connectivity index (χ0v) is 13.1. The number of hydrogen-bond acceptors (Lipinski definition) is 2. The minimum Gasteiger partial charge on any atom is -0.396 e. The maximum atomic E-state index is 9.30. The molecule has 0 radical (unpaired) electrons. The minimum absolute atomic E-state index is 0.283. The van der Waals surface area contributed by atoms with Gasteiger partial charge in [0.15, 0.2) is 0 Å². The summed E-state index contributed by atoms with van der Waals surface area (Å²) in [6.07, 6.45) is 6.17. The third-order valence-corrected chi connectivity index (χ3v) is 4.00. The van der Waals surface area contributed by atoms with E-state index in [2.05, 4.69) is 48.2 Å². The number of aliphatic imine (C=N–C) groups is 1. The highest BCUT2D eigenvalue weighted by Crippen LogP contribution is 2.18. The van der Waals surface area contributed by atoms with Crippen LogP contribution in [-0.2, 0) is 6.42 Å². The summed E-state index contributed by atoms with van der Waals surface area (Å²) in [7, 11) is 0. The first-order valence-corrected chi connectivity index (χ1v) is 7.90. The molecule has 0 aliphatic carbocycles. The molecule has 21 heavy (non-hydrogen) atoms. The molecule has 0 aliphatic heterocycles. The van der Waals surface area contributed by atoms with Crippen molar-refractivity contribution in [2.45, 2.75) is 39.5 Å². The molecule has 1 unspecified atom stereocenters. The number of fused-ring (bicyclic) bond motifs is 1. The molecule has 1 heterocycles. The van der Waals surface area contributed by atoms with Crippen molar-refractivity contribution >= 4 is 16.6 Å². The fraction of sp³-hybridized carbons (Fsp3) is 0.500. The predicted molar refractivity (Wildman–Crippen MR) is 90.1 cm³/mol. The van der Waals surface area contributed by atoms with Crippen molar-refractivity contribution in [1.29, 1.82) is 0 Å². The van der Waals surface area contributed by atoms with Crippen molar-refractivity contribution in [3.8, 4) is 0 Å². The van der Waals surface area contributed by atoms with Gasteiger partial charge in [-0.3, -0.25) is 4.99 Å². The van der Waals surface area contributed by atoms with Crippen LogP contribution in [0.25, 0.3) is 10.9 Å². The van der Waals surface area contributed by atoms with Gasteiger partial charge in [0.1, 0.15) is 0 Å². The van der Waals surface area contributed by atoms with Crippen LogP contribution in [0.5, 0.6) is 0 Å². The number of benzene rings is 1. The van der Waals surface area contributed by atoms with Gasteiger partial charge in [-0.2, -0.15) is 0 Å². The Morgan fingerprint density at radius 2 is 2.10 bits per heavy atom. The number of aliphatic hydroxyl groups is 1. The standard InChI is InChI=1S/C18H26N2O/c1-3-6-15(13-21)9-10-19-14(2)11-16-12-20-18-8-5-4-7-17(16)18/h4-5,7-8,12,15,20-21H,3,6,9-11,13H2,1-2H3. The molecule has 0 aliphatic rings. The lowest BCUT2D eigenvalue weighted by Crippen LogP contribution is -2.08. The highest BCUT2D eigenvalue weighted by molar-refractivity contribution is 5.91. The average Bonchev–Trinajstić information content (AvgIpc) is 2.89. The van der Waals surface area contributed by atoms with Crippen LogP contribution in [0.3, 0.4) is 0 Å². The Balaban J connectivity index is 1.91. The number of rotatable bonds is 8. The third-order valence-electron chi connectivity index (χ3n) is 4.00. The van der Waals surface area contributed by atoms with Gasteiger partial charge in [0.2, 0.25) is 0 Å². The van der Waals surface area contributed by atoms with E-state index in [1.165, 1.54) is 16.5 Å². The van der Waals surface area contributed by atoms with E-state index in [-0.39, 0.29) is 6.61 Å². The smallest absolute Gasteiger partial charge is 0.0459 e. The van der Waals surface area contributed by atoms with Crippen LogP contribution in [0.15, 0.2) is 35.5 Å². The number of aliphatic hydroxyl groups excluding tert-OH is 1. The first-order chi connectivity index (χ1) is 10.2. The van der Waals surface area contributed by atoms with Crippen molar-refractivity contribution in [1.82, 2.24) is 4.98 Å². The maximum Gasteiger partial charge on any atom is 0.0459 e. The van der Waals surface area contributed by atoms with E-state index in [1.54, 1.807) is 0 Å². The molecule has 2 N–H and O–H groups in total. The average molecular weight is 286 g/mol. The van der Waals surface area contributed by atoms with E-state index in [0.29, 0.717) is 5.92 Å². The number of para-hydroxylation sites is 1. The largest absolute Gasteiger partial charge is 0.396 e. The summed E-state index contributed by atoms with van der Waals surface area (Å²) in [5, 5.41) is 10.6. The van der Waals surface area contributed by atoms with Crippen molar-refractivity contribution < 1.29 is 5.11 Å². The van der Waals surface area contributed by atoms with E-state index >= 15 is 0 Å². The van der Waals surface area contributed by atoms with Crippen LogP contribution in [0.4, 0.5) is 0 Å². The number of hydrogen-bond donors (Lipinski definition) is 2. The normalized spacial score (nSPS) is 13.8. The summed E-state index contributed by atoms with van der Waals surface area (Å²) in [5.74, 6) is 0.402. The van der Waals surface area contributed by atoms with Gasteiger partial charge in [0.25, 0.3) is 0 Å². The quantitative estimate of drug-likeness (QED) is 0.709. The Kier molecular flexibility index (Phi) is 6.00. The van der Waals surface area contributed by atoms with Gasteiger partial charge >= 0.3 is 0 Å². The summed E-state index contributed by atoms with van der Waals surface area (Å²) in [6, 6.07) is 8.37. The van der Waals surface area contributed by atoms with Crippen LogP contribution in [0.2, 0.25) is 0 Å². The van der Waals surface area contributed by atoms with Gasteiger partial charge in [0.05, 0.1) is 0 Å². The summed E-state index contributed by atoms with van der Waals surface area (Å²) in [4.78, 5) is 7.97. The highest BCUT2D eigenvalue weighted by Gasteiger charge is 2.06. The molecule has 2 rings (SSSR count). The molecule has 1 aromatic carbocycles. The van der Waals surface area contributed by atoms with Gasteiger partial charge in [0, 0.05) is 42.4 Å². The first kappa shape index (κ1) is 15.8. The second-order valence-electron chi connectivity index (χ2n) is 5.78. The van der Waals surface area contributed by atoms with Crippen LogP contribution in [-0.4, -0.2) is 29.0 Å². The molecule has 1 atom stereocenters. The lowest BCUT2D eigenvalue weighted by atomic mass is 10.0. The van der Waals surface area contributed by atoms with Crippen molar-refractivity contribution in [2.24, 2.45) is 10.9 Å². The van der Waals surface area contributed by atoms with Gasteiger partial charge in [-0.25, -0.2) is 0 Å².